The molecule has 1 unspecified atom stereocenters. The molecule has 1 atom stereocenters. The number of rotatable bonds is 3. The van der Waals surface area contributed by atoms with Gasteiger partial charge >= 0.3 is 0 Å². The number of nitrogens with one attached hydrogen (secondary N) is 1. The summed E-state index contributed by atoms with van der Waals surface area (Å²) in [6.45, 7) is 12.8. The van der Waals surface area contributed by atoms with Crippen LogP contribution in [-0.4, -0.2) is 59.9 Å². The van der Waals surface area contributed by atoms with Gasteiger partial charge in [0.25, 0.3) is 11.8 Å². The Balaban J connectivity index is 1.50. The van der Waals surface area contributed by atoms with E-state index in [1.165, 1.54) is 5.57 Å². The van der Waals surface area contributed by atoms with Crippen LogP contribution >= 0.6 is 0 Å². The molecule has 0 spiro atoms. The smallest absolute Gasteiger partial charge is 0.275 e. The van der Waals surface area contributed by atoms with E-state index in [1.807, 2.05) is 0 Å². The molecule has 0 bridgehead atoms. The van der Waals surface area contributed by atoms with Gasteiger partial charge in [0, 0.05) is 24.6 Å². The first-order valence-electron chi connectivity index (χ1n) is 12.3. The van der Waals surface area contributed by atoms with Crippen molar-refractivity contribution in [2.45, 2.75) is 64.8 Å². The molecule has 0 aromatic carbocycles. The summed E-state index contributed by atoms with van der Waals surface area (Å²) < 4.78 is 1.73. The van der Waals surface area contributed by atoms with E-state index in [0.29, 0.717) is 24.6 Å². The molecule has 4 heterocycles. The maximum atomic E-state index is 13.7. The molecule has 2 aliphatic rings. The number of imidazole rings is 2. The molecule has 1 N–H and O–H groups in total. The van der Waals surface area contributed by atoms with Gasteiger partial charge in [0.05, 0.1) is 24.4 Å². The summed E-state index contributed by atoms with van der Waals surface area (Å²) in [5.74, 6) is 0.355. The molecule has 1 aliphatic heterocycles. The predicted octanol–water partition coefficient (Wildman–Crippen LogP) is 4.01. The van der Waals surface area contributed by atoms with Gasteiger partial charge in [-0.25, -0.2) is 14.5 Å². The third kappa shape index (κ3) is 4.02. The van der Waals surface area contributed by atoms with Gasteiger partial charge in [-0.2, -0.15) is 5.10 Å². The third-order valence-electron chi connectivity index (χ3n) is 7.15. The zero-order chi connectivity index (χ0) is 25.8. The number of fused-ring (bicyclic) bond motifs is 1. The fourth-order valence-electron chi connectivity index (χ4n) is 4.93. The monoisotopic (exact) mass is 487 g/mol. The van der Waals surface area contributed by atoms with Gasteiger partial charge in [0.1, 0.15) is 17.1 Å². The van der Waals surface area contributed by atoms with Crippen LogP contribution in [0.5, 0.6) is 0 Å². The van der Waals surface area contributed by atoms with Gasteiger partial charge in [0.2, 0.25) is 0 Å². The van der Waals surface area contributed by atoms with Crippen molar-refractivity contribution in [1.29, 1.82) is 0 Å². The van der Waals surface area contributed by atoms with Crippen molar-refractivity contribution >= 4 is 23.3 Å². The largest absolute Gasteiger partial charge is 0.331 e. The highest BCUT2D eigenvalue weighted by atomic mass is 16.2. The maximum Gasteiger partial charge on any atom is 0.275 e. The fraction of sp³-hybridized carbons (Fsp3) is 0.444. The van der Waals surface area contributed by atoms with E-state index >= 15 is 0 Å². The first kappa shape index (κ1) is 24.0. The third-order valence-corrected chi connectivity index (χ3v) is 7.15. The Bertz CT molecular complexity index is 1390. The Hall–Kier alpha value is -3.75. The Labute approximate surface area is 210 Å². The van der Waals surface area contributed by atoms with Gasteiger partial charge in [-0.3, -0.25) is 14.5 Å². The molecule has 36 heavy (non-hydrogen) atoms. The summed E-state index contributed by atoms with van der Waals surface area (Å²) in [5.41, 5.74) is 2.96. The lowest BCUT2D eigenvalue weighted by Gasteiger charge is -2.45. The molecule has 1 aliphatic carbocycles. The number of nitrogens with zero attached hydrogens (tertiary/aromatic N) is 6. The number of aromatic amines is 1. The Kier molecular flexibility index (Phi) is 5.61. The molecule has 3 aromatic heterocycles. The Morgan fingerprint density at radius 3 is 2.64 bits per heavy atom. The van der Waals surface area contributed by atoms with E-state index in [2.05, 4.69) is 62.0 Å². The lowest BCUT2D eigenvalue weighted by atomic mass is 9.85. The van der Waals surface area contributed by atoms with Crippen molar-refractivity contribution in [3.05, 3.63) is 65.5 Å². The van der Waals surface area contributed by atoms with Gasteiger partial charge in [-0.15, -0.1) is 0 Å². The number of amides is 2. The predicted molar refractivity (Wildman–Crippen MR) is 138 cm³/mol. The highest BCUT2D eigenvalue weighted by molar-refractivity contribution is 6.05. The van der Waals surface area contributed by atoms with Crippen molar-refractivity contribution in [3.63, 3.8) is 0 Å². The number of hydrogen-bond donors (Lipinski definition) is 1. The van der Waals surface area contributed by atoms with Crippen LogP contribution in [0.2, 0.25) is 0 Å². The second-order valence-corrected chi connectivity index (χ2v) is 11.2. The summed E-state index contributed by atoms with van der Waals surface area (Å²) in [4.78, 5) is 42.0. The minimum atomic E-state index is -1.04. The van der Waals surface area contributed by atoms with E-state index in [1.54, 1.807) is 46.9 Å². The molecule has 9 nitrogen and oxygen atoms in total. The quantitative estimate of drug-likeness (QED) is 0.602. The molecule has 1 saturated heterocycles. The average molecular weight is 488 g/mol. The summed E-state index contributed by atoms with van der Waals surface area (Å²) in [6.07, 6.45) is 12.3. The van der Waals surface area contributed by atoms with E-state index in [0.717, 1.165) is 17.7 Å². The first-order chi connectivity index (χ1) is 17.0. The summed E-state index contributed by atoms with van der Waals surface area (Å²) in [6, 6.07) is 2.12. The summed E-state index contributed by atoms with van der Waals surface area (Å²) in [7, 11) is 0. The molecular formula is C27H33N7O2. The molecule has 0 radical (unpaired) electrons. The maximum absolute atomic E-state index is 13.7. The van der Waals surface area contributed by atoms with Crippen LogP contribution < -0.4 is 4.90 Å². The second kappa shape index (κ2) is 8.43. The number of aromatic nitrogens is 5. The standard InChI is InChI=1S/C27H33N7O2/c1-17-7-9-18(10-8-17)20-13-19(26(2,3)4)23-30-21(15-34(23)31-20)24(35)33-12-11-32(22-14-28-16-29-22)25(36)27(33,5)6/h7-9,13-16,18H,10-12H2,1-6H3,(H,28,29). The zero-order valence-electron chi connectivity index (χ0n) is 21.7. The molecule has 1 fully saturated rings. The number of piperazine rings is 1. The normalized spacial score (nSPS) is 20.2. The highest BCUT2D eigenvalue weighted by Gasteiger charge is 2.45. The number of carbonyl (C=O) groups excluding carboxylic acids is 2. The second-order valence-electron chi connectivity index (χ2n) is 11.2. The average Bonchev–Trinajstić information content (AvgIpc) is 3.49. The van der Waals surface area contributed by atoms with Crippen molar-refractivity contribution < 1.29 is 9.59 Å². The number of anilines is 1. The van der Waals surface area contributed by atoms with Gasteiger partial charge in [-0.05, 0) is 38.7 Å². The van der Waals surface area contributed by atoms with Crippen LogP contribution in [-0.2, 0) is 10.2 Å². The lowest BCUT2D eigenvalue weighted by Crippen LogP contribution is -2.65. The topological polar surface area (TPSA) is 99.5 Å². The molecule has 0 saturated carbocycles. The van der Waals surface area contributed by atoms with Crippen LogP contribution in [0.1, 0.15) is 75.6 Å². The van der Waals surface area contributed by atoms with E-state index < -0.39 is 5.54 Å². The molecule has 2 amide bonds. The summed E-state index contributed by atoms with van der Waals surface area (Å²) in [5, 5.41) is 4.86. The zero-order valence-corrected chi connectivity index (χ0v) is 21.7. The SMILES string of the molecule is CC1=CCC(c2cc(C(C)(C)C)c3nc(C(=O)N4CCN(c5cnc[nH]5)C(=O)C4(C)C)cn3n2)C=C1. The fourth-order valence-corrected chi connectivity index (χ4v) is 4.93. The lowest BCUT2D eigenvalue weighted by molar-refractivity contribution is -0.129. The molecular weight excluding hydrogens is 454 g/mol. The Morgan fingerprint density at radius 1 is 1.22 bits per heavy atom. The molecule has 3 aromatic rings. The molecule has 5 rings (SSSR count). The van der Waals surface area contributed by atoms with Crippen LogP contribution in [0.4, 0.5) is 5.82 Å². The Morgan fingerprint density at radius 2 is 2.00 bits per heavy atom. The minimum absolute atomic E-state index is 0.168. The van der Waals surface area contributed by atoms with Crippen LogP contribution in [0.15, 0.2) is 48.6 Å². The first-order valence-corrected chi connectivity index (χ1v) is 12.3. The number of H-pyrrole nitrogens is 1. The van der Waals surface area contributed by atoms with Crippen molar-refractivity contribution in [3.8, 4) is 0 Å². The van der Waals surface area contributed by atoms with Crippen LogP contribution in [0.3, 0.4) is 0 Å². The van der Waals surface area contributed by atoms with Gasteiger partial charge in [-0.1, -0.05) is 44.6 Å². The molecule has 9 heteroatoms. The van der Waals surface area contributed by atoms with Gasteiger partial charge in [0.15, 0.2) is 5.65 Å². The summed E-state index contributed by atoms with van der Waals surface area (Å²) >= 11 is 0. The van der Waals surface area contributed by atoms with Gasteiger partial charge < -0.3 is 9.88 Å². The van der Waals surface area contributed by atoms with Crippen LogP contribution in [0, 0.1) is 0 Å². The van der Waals surface area contributed by atoms with E-state index in [-0.39, 0.29) is 28.8 Å². The van der Waals surface area contributed by atoms with Crippen LogP contribution in [0.25, 0.3) is 5.65 Å². The van der Waals surface area contributed by atoms with Crippen molar-refractivity contribution in [2.24, 2.45) is 0 Å². The molecule has 188 valence electrons. The minimum Gasteiger partial charge on any atom is -0.331 e. The van der Waals surface area contributed by atoms with Crippen molar-refractivity contribution in [2.75, 3.05) is 18.0 Å². The number of carbonyl (C=O) groups is 2. The number of hydrogen-bond acceptors (Lipinski definition) is 5. The van der Waals surface area contributed by atoms with E-state index in [4.69, 9.17) is 10.1 Å². The van der Waals surface area contributed by atoms with Crippen molar-refractivity contribution in [1.82, 2.24) is 29.5 Å². The number of allylic oxidation sites excluding steroid dienone is 4. The highest BCUT2D eigenvalue weighted by Crippen LogP contribution is 2.33. The van der Waals surface area contributed by atoms with E-state index in [9.17, 15) is 9.59 Å².